The van der Waals surface area contributed by atoms with Crippen molar-refractivity contribution >= 4 is 17.7 Å². The molecule has 0 unspecified atom stereocenters. The predicted octanol–water partition coefficient (Wildman–Crippen LogP) is 0.569. The van der Waals surface area contributed by atoms with Crippen LogP contribution in [-0.4, -0.2) is 55.0 Å². The number of aliphatic hydroxyl groups excluding tert-OH is 1. The molecule has 0 saturated carbocycles. The van der Waals surface area contributed by atoms with Gasteiger partial charge in [0.15, 0.2) is 0 Å². The summed E-state index contributed by atoms with van der Waals surface area (Å²) in [6.45, 7) is 3.31. The van der Waals surface area contributed by atoms with Gasteiger partial charge in [-0.2, -0.15) is 0 Å². The molecule has 0 heterocycles. The Morgan fingerprint density at radius 1 is 1.05 bits per heavy atom. The van der Waals surface area contributed by atoms with E-state index in [1.165, 1.54) is 11.1 Å². The Labute approximate surface area is 117 Å². The van der Waals surface area contributed by atoms with E-state index in [2.05, 4.69) is 4.74 Å². The SMILES string of the molecule is CCOC(=O)C(=O)C=C(O)/C(=C\N(C)C)C(=O)OCC. The third-order valence-electron chi connectivity index (χ3n) is 1.90. The van der Waals surface area contributed by atoms with Gasteiger partial charge in [0, 0.05) is 26.4 Å². The summed E-state index contributed by atoms with van der Waals surface area (Å²) in [5.41, 5.74) is -0.227. The van der Waals surface area contributed by atoms with E-state index in [0.717, 1.165) is 0 Å². The molecule has 0 amide bonds. The van der Waals surface area contributed by atoms with Crippen molar-refractivity contribution < 1.29 is 29.0 Å². The van der Waals surface area contributed by atoms with E-state index in [0.29, 0.717) is 6.08 Å². The van der Waals surface area contributed by atoms with Gasteiger partial charge >= 0.3 is 11.9 Å². The van der Waals surface area contributed by atoms with Crippen LogP contribution >= 0.6 is 0 Å². The second-order valence-electron chi connectivity index (χ2n) is 3.84. The van der Waals surface area contributed by atoms with E-state index in [4.69, 9.17) is 4.74 Å². The van der Waals surface area contributed by atoms with Gasteiger partial charge in [0.2, 0.25) is 0 Å². The van der Waals surface area contributed by atoms with E-state index < -0.39 is 23.5 Å². The number of rotatable bonds is 7. The van der Waals surface area contributed by atoms with Crippen molar-refractivity contribution in [3.8, 4) is 0 Å². The average Bonchev–Trinajstić information content (AvgIpc) is 2.35. The van der Waals surface area contributed by atoms with Gasteiger partial charge in [-0.1, -0.05) is 0 Å². The van der Waals surface area contributed by atoms with Crippen LogP contribution in [0.4, 0.5) is 0 Å². The molecule has 0 rings (SSSR count). The number of hydrogen-bond acceptors (Lipinski definition) is 7. The lowest BCUT2D eigenvalue weighted by atomic mass is 10.2. The standard InChI is InChI=1S/C13H19NO6/c1-5-19-12(17)9(8-14(3)4)10(15)7-11(16)13(18)20-6-2/h7-8,15H,5-6H2,1-4H3/b9-8+,10-7?. The first-order valence-corrected chi connectivity index (χ1v) is 6.00. The number of ketones is 1. The van der Waals surface area contributed by atoms with E-state index >= 15 is 0 Å². The lowest BCUT2D eigenvalue weighted by molar-refractivity contribution is -0.151. The molecular weight excluding hydrogens is 266 g/mol. The minimum atomic E-state index is -1.10. The van der Waals surface area contributed by atoms with Gasteiger partial charge in [0.1, 0.15) is 11.3 Å². The molecule has 0 bridgehead atoms. The molecule has 0 atom stereocenters. The molecule has 7 heteroatoms. The van der Waals surface area contributed by atoms with Gasteiger partial charge in [-0.3, -0.25) is 4.79 Å². The van der Waals surface area contributed by atoms with Crippen LogP contribution in [0.2, 0.25) is 0 Å². The highest BCUT2D eigenvalue weighted by Gasteiger charge is 2.20. The van der Waals surface area contributed by atoms with Gasteiger partial charge in [-0.15, -0.1) is 0 Å². The zero-order valence-corrected chi connectivity index (χ0v) is 12.0. The Morgan fingerprint density at radius 3 is 2.00 bits per heavy atom. The van der Waals surface area contributed by atoms with Crippen molar-refractivity contribution in [2.45, 2.75) is 13.8 Å². The molecule has 0 aromatic heterocycles. The molecule has 7 nitrogen and oxygen atoms in total. The minimum absolute atomic E-state index is 0.0391. The molecule has 0 aliphatic heterocycles. The van der Waals surface area contributed by atoms with Crippen LogP contribution in [0.5, 0.6) is 0 Å². The van der Waals surface area contributed by atoms with E-state index in [1.54, 1.807) is 27.9 Å². The number of nitrogens with zero attached hydrogens (tertiary/aromatic N) is 1. The highest BCUT2D eigenvalue weighted by molar-refractivity contribution is 6.38. The van der Waals surface area contributed by atoms with Gasteiger partial charge < -0.3 is 19.5 Å². The second kappa shape index (κ2) is 8.73. The van der Waals surface area contributed by atoms with Crippen LogP contribution in [-0.2, 0) is 23.9 Å². The Balaban J connectivity index is 5.23. The van der Waals surface area contributed by atoms with Crippen molar-refractivity contribution in [3.05, 3.63) is 23.6 Å². The van der Waals surface area contributed by atoms with E-state index in [1.807, 2.05) is 0 Å². The molecule has 0 radical (unpaired) electrons. The lowest BCUT2D eigenvalue weighted by Crippen LogP contribution is -2.18. The smallest absolute Gasteiger partial charge is 0.379 e. The molecule has 0 saturated heterocycles. The quantitative estimate of drug-likeness (QED) is 0.240. The average molecular weight is 285 g/mol. The third-order valence-corrected chi connectivity index (χ3v) is 1.90. The van der Waals surface area contributed by atoms with Gasteiger partial charge in [-0.25, -0.2) is 9.59 Å². The largest absolute Gasteiger partial charge is 0.507 e. The fraction of sp³-hybridized carbons (Fsp3) is 0.462. The highest BCUT2D eigenvalue weighted by atomic mass is 16.5. The van der Waals surface area contributed by atoms with Gasteiger partial charge in [0.05, 0.1) is 13.2 Å². The van der Waals surface area contributed by atoms with Crippen LogP contribution in [0.15, 0.2) is 23.6 Å². The zero-order valence-electron chi connectivity index (χ0n) is 12.0. The van der Waals surface area contributed by atoms with Crippen LogP contribution in [0.1, 0.15) is 13.8 Å². The first kappa shape index (κ1) is 17.7. The lowest BCUT2D eigenvalue weighted by Gasteiger charge is -2.10. The highest BCUT2D eigenvalue weighted by Crippen LogP contribution is 2.10. The maximum absolute atomic E-state index is 11.7. The predicted molar refractivity (Wildman–Crippen MR) is 70.8 cm³/mol. The number of hydrogen-bond donors (Lipinski definition) is 1. The number of carbonyl (C=O) groups excluding carboxylic acids is 3. The van der Waals surface area contributed by atoms with Crippen molar-refractivity contribution in [1.82, 2.24) is 4.90 Å². The summed E-state index contributed by atoms with van der Waals surface area (Å²) in [6, 6.07) is 0. The Bertz CT molecular complexity index is 436. The maximum Gasteiger partial charge on any atom is 0.379 e. The summed E-state index contributed by atoms with van der Waals surface area (Å²) in [4.78, 5) is 35.7. The summed E-state index contributed by atoms with van der Waals surface area (Å²) >= 11 is 0. The van der Waals surface area contributed by atoms with Crippen molar-refractivity contribution in [3.63, 3.8) is 0 Å². The first-order chi connectivity index (χ1) is 9.33. The Morgan fingerprint density at radius 2 is 1.55 bits per heavy atom. The van der Waals surface area contributed by atoms with Gasteiger partial charge in [0.25, 0.3) is 5.78 Å². The van der Waals surface area contributed by atoms with Crippen LogP contribution in [0.25, 0.3) is 0 Å². The molecule has 0 aliphatic carbocycles. The third kappa shape index (κ3) is 6.03. The molecule has 0 aliphatic rings. The molecule has 112 valence electrons. The molecule has 0 aromatic rings. The topological polar surface area (TPSA) is 93.1 Å². The fourth-order valence-corrected chi connectivity index (χ4v) is 1.15. The molecule has 20 heavy (non-hydrogen) atoms. The normalized spacial score (nSPS) is 11.8. The van der Waals surface area contributed by atoms with Crippen molar-refractivity contribution in [2.24, 2.45) is 0 Å². The Kier molecular flexibility index (Phi) is 7.72. The fourth-order valence-electron chi connectivity index (χ4n) is 1.15. The molecule has 0 fully saturated rings. The number of esters is 2. The monoisotopic (exact) mass is 285 g/mol. The van der Waals surface area contributed by atoms with E-state index in [9.17, 15) is 19.5 Å². The van der Waals surface area contributed by atoms with Crippen molar-refractivity contribution in [2.75, 3.05) is 27.3 Å². The van der Waals surface area contributed by atoms with Crippen LogP contribution in [0, 0.1) is 0 Å². The summed E-state index contributed by atoms with van der Waals surface area (Å²) in [5, 5.41) is 9.78. The summed E-state index contributed by atoms with van der Waals surface area (Å²) in [5.74, 6) is -3.62. The summed E-state index contributed by atoms with van der Waals surface area (Å²) < 4.78 is 9.24. The maximum atomic E-state index is 11.7. The molecule has 0 aromatic carbocycles. The molecule has 1 N–H and O–H groups in total. The molecule has 0 spiro atoms. The van der Waals surface area contributed by atoms with Crippen LogP contribution < -0.4 is 0 Å². The summed E-state index contributed by atoms with van der Waals surface area (Å²) in [7, 11) is 3.25. The first-order valence-electron chi connectivity index (χ1n) is 6.00. The number of aliphatic hydroxyl groups is 1. The number of carbonyl (C=O) groups is 3. The second-order valence-corrected chi connectivity index (χ2v) is 3.84. The van der Waals surface area contributed by atoms with Gasteiger partial charge in [-0.05, 0) is 13.8 Å². The van der Waals surface area contributed by atoms with E-state index in [-0.39, 0.29) is 18.8 Å². The zero-order chi connectivity index (χ0) is 15.7. The van der Waals surface area contributed by atoms with Crippen LogP contribution in [0.3, 0.4) is 0 Å². The number of ether oxygens (including phenoxy) is 2. The summed E-state index contributed by atoms with van der Waals surface area (Å²) in [6.07, 6.45) is 1.91. The minimum Gasteiger partial charge on any atom is -0.507 e. The Hall–Kier alpha value is -2.31. The molecular formula is C13H19NO6. The van der Waals surface area contributed by atoms with Crippen molar-refractivity contribution in [1.29, 1.82) is 0 Å².